The third kappa shape index (κ3) is 5.13. The molecule has 2 atom stereocenters. The second-order valence-electron chi connectivity index (χ2n) is 9.86. The molecule has 3 amide bonds. The second kappa shape index (κ2) is 9.95. The van der Waals surface area contributed by atoms with Crippen molar-refractivity contribution in [2.45, 2.75) is 59.2 Å². The Morgan fingerprint density at radius 1 is 1.00 bits per heavy atom. The molecule has 2 aliphatic rings. The number of rotatable bonds is 4. The van der Waals surface area contributed by atoms with Crippen molar-refractivity contribution in [3.05, 3.63) is 53.6 Å². The van der Waals surface area contributed by atoms with Crippen molar-refractivity contribution in [3.8, 4) is 0 Å². The van der Waals surface area contributed by atoms with Crippen LogP contribution in [0.1, 0.15) is 51.3 Å². The number of nitrogens with zero attached hydrogens (tertiary/aromatic N) is 3. The first kappa shape index (κ1) is 23.9. The Labute approximate surface area is 203 Å². The van der Waals surface area contributed by atoms with Crippen molar-refractivity contribution in [1.82, 2.24) is 10.2 Å². The molecule has 0 saturated carbocycles. The zero-order valence-electron chi connectivity index (χ0n) is 21.0. The topological polar surface area (TPSA) is 67.9 Å². The maximum Gasteiger partial charge on any atom is 0.317 e. The van der Waals surface area contributed by atoms with Gasteiger partial charge in [-0.2, -0.15) is 0 Å². The monoisotopic (exact) mass is 463 g/mol. The molecule has 0 spiro atoms. The average Bonchev–Trinajstić information content (AvgIpc) is 2.79. The van der Waals surface area contributed by atoms with E-state index >= 15 is 0 Å². The van der Waals surface area contributed by atoms with Crippen LogP contribution < -0.4 is 20.4 Å². The lowest BCUT2D eigenvalue weighted by Gasteiger charge is -2.41. The van der Waals surface area contributed by atoms with Gasteiger partial charge in [0.15, 0.2) is 0 Å². The Hall–Kier alpha value is -3.22. The van der Waals surface area contributed by atoms with Crippen LogP contribution in [0.4, 0.5) is 21.9 Å². The molecule has 7 heteroatoms. The van der Waals surface area contributed by atoms with Crippen molar-refractivity contribution in [2.75, 3.05) is 41.3 Å². The van der Waals surface area contributed by atoms with E-state index in [4.69, 9.17) is 0 Å². The SMILES string of the molecule is CC(=O)N1c2ccc(N3CCN(C(=O)NC(C)C)CC3)cc2C(Nc2ccc(C)cc2)CC1C. The normalized spacial score (nSPS) is 20.2. The zero-order valence-corrected chi connectivity index (χ0v) is 21.0. The molecule has 4 rings (SSSR count). The molecule has 0 aromatic heterocycles. The number of benzene rings is 2. The van der Waals surface area contributed by atoms with E-state index in [0.717, 1.165) is 42.1 Å². The summed E-state index contributed by atoms with van der Waals surface area (Å²) in [5.41, 5.74) is 5.58. The van der Waals surface area contributed by atoms with Crippen LogP contribution in [0.2, 0.25) is 0 Å². The second-order valence-corrected chi connectivity index (χ2v) is 9.86. The number of fused-ring (bicyclic) bond motifs is 1. The number of hydrogen-bond acceptors (Lipinski definition) is 4. The summed E-state index contributed by atoms with van der Waals surface area (Å²) in [6.45, 7) is 12.8. The fourth-order valence-electron chi connectivity index (χ4n) is 5.02. The van der Waals surface area contributed by atoms with E-state index in [9.17, 15) is 9.59 Å². The Bertz CT molecular complexity index is 1030. The van der Waals surface area contributed by atoms with Crippen molar-refractivity contribution in [2.24, 2.45) is 0 Å². The van der Waals surface area contributed by atoms with E-state index in [0.29, 0.717) is 13.1 Å². The number of piperazine rings is 1. The van der Waals surface area contributed by atoms with E-state index < -0.39 is 0 Å². The summed E-state index contributed by atoms with van der Waals surface area (Å²) in [7, 11) is 0. The molecule has 2 aromatic carbocycles. The van der Waals surface area contributed by atoms with E-state index in [1.807, 2.05) is 23.6 Å². The van der Waals surface area contributed by atoms with Gasteiger partial charge in [0.1, 0.15) is 0 Å². The van der Waals surface area contributed by atoms with Crippen LogP contribution in [-0.4, -0.2) is 55.1 Å². The number of anilines is 3. The van der Waals surface area contributed by atoms with Gasteiger partial charge in [0.05, 0.1) is 6.04 Å². The maximum atomic E-state index is 12.5. The fraction of sp³-hybridized carbons (Fsp3) is 0.481. The summed E-state index contributed by atoms with van der Waals surface area (Å²) >= 11 is 0. The Morgan fingerprint density at radius 3 is 2.29 bits per heavy atom. The summed E-state index contributed by atoms with van der Waals surface area (Å²) in [6, 6.07) is 15.2. The smallest absolute Gasteiger partial charge is 0.317 e. The molecular formula is C27H37N5O2. The van der Waals surface area contributed by atoms with Crippen LogP contribution in [-0.2, 0) is 4.79 Å². The van der Waals surface area contributed by atoms with Crippen molar-refractivity contribution in [1.29, 1.82) is 0 Å². The van der Waals surface area contributed by atoms with Gasteiger partial charge in [-0.05, 0) is 64.4 Å². The molecule has 0 radical (unpaired) electrons. The summed E-state index contributed by atoms with van der Waals surface area (Å²) < 4.78 is 0. The standard InChI is InChI=1S/C27H37N5O2/c1-18(2)28-27(34)31-14-12-30(13-15-31)23-10-11-26-24(17-23)25(16-20(4)32(26)21(5)33)29-22-8-6-19(3)7-9-22/h6-11,17-18,20,25,29H,12-16H2,1-5H3,(H,28,34). The van der Waals surface area contributed by atoms with E-state index in [2.05, 4.69) is 71.8 Å². The first-order valence-electron chi connectivity index (χ1n) is 12.3. The summed E-state index contributed by atoms with van der Waals surface area (Å²) in [5, 5.41) is 6.69. The molecule has 0 bridgehead atoms. The number of amides is 3. The summed E-state index contributed by atoms with van der Waals surface area (Å²) in [5.74, 6) is 0.0695. The lowest BCUT2D eigenvalue weighted by atomic mass is 9.90. The molecular weight excluding hydrogens is 426 g/mol. The average molecular weight is 464 g/mol. The lowest BCUT2D eigenvalue weighted by molar-refractivity contribution is -0.117. The third-order valence-corrected chi connectivity index (χ3v) is 6.74. The number of urea groups is 1. The number of carbonyl (C=O) groups excluding carboxylic acids is 2. The molecule has 2 aliphatic heterocycles. The first-order chi connectivity index (χ1) is 16.2. The van der Waals surface area contributed by atoms with Crippen LogP contribution in [0.3, 0.4) is 0 Å². The molecule has 34 heavy (non-hydrogen) atoms. The molecule has 2 aromatic rings. The van der Waals surface area contributed by atoms with Gasteiger partial charge in [-0.3, -0.25) is 4.79 Å². The van der Waals surface area contributed by atoms with Crippen molar-refractivity contribution >= 4 is 29.0 Å². The minimum Gasteiger partial charge on any atom is -0.378 e. The van der Waals surface area contributed by atoms with Crippen LogP contribution in [0.25, 0.3) is 0 Å². The van der Waals surface area contributed by atoms with Gasteiger partial charge in [-0.25, -0.2) is 4.79 Å². The van der Waals surface area contributed by atoms with Gasteiger partial charge in [0.25, 0.3) is 0 Å². The highest BCUT2D eigenvalue weighted by Gasteiger charge is 2.33. The first-order valence-corrected chi connectivity index (χ1v) is 12.3. The number of aryl methyl sites for hydroxylation is 1. The molecule has 2 N–H and O–H groups in total. The minimum atomic E-state index is 0.00791. The van der Waals surface area contributed by atoms with Gasteiger partial charge in [-0.1, -0.05) is 17.7 Å². The van der Waals surface area contributed by atoms with Gasteiger partial charge in [0, 0.05) is 67.8 Å². The minimum absolute atomic E-state index is 0.00791. The molecule has 2 heterocycles. The largest absolute Gasteiger partial charge is 0.378 e. The predicted molar refractivity (Wildman–Crippen MR) is 139 cm³/mol. The van der Waals surface area contributed by atoms with Crippen molar-refractivity contribution < 1.29 is 9.59 Å². The highest BCUT2D eigenvalue weighted by molar-refractivity contribution is 5.94. The Morgan fingerprint density at radius 2 is 1.68 bits per heavy atom. The van der Waals surface area contributed by atoms with E-state index in [1.165, 1.54) is 5.56 Å². The van der Waals surface area contributed by atoms with Gasteiger partial charge >= 0.3 is 6.03 Å². The van der Waals surface area contributed by atoms with Crippen LogP contribution in [0.15, 0.2) is 42.5 Å². The molecule has 7 nitrogen and oxygen atoms in total. The van der Waals surface area contributed by atoms with Crippen LogP contribution in [0, 0.1) is 6.92 Å². The number of carbonyl (C=O) groups is 2. The number of hydrogen-bond donors (Lipinski definition) is 2. The van der Waals surface area contributed by atoms with Gasteiger partial charge in [-0.15, -0.1) is 0 Å². The fourth-order valence-corrected chi connectivity index (χ4v) is 5.02. The van der Waals surface area contributed by atoms with Gasteiger partial charge < -0.3 is 25.3 Å². The Balaban J connectivity index is 1.57. The van der Waals surface area contributed by atoms with E-state index in [-0.39, 0.29) is 30.1 Å². The van der Waals surface area contributed by atoms with Crippen LogP contribution >= 0.6 is 0 Å². The highest BCUT2D eigenvalue weighted by Crippen LogP contribution is 2.41. The molecule has 182 valence electrons. The van der Waals surface area contributed by atoms with Crippen LogP contribution in [0.5, 0.6) is 0 Å². The lowest BCUT2D eigenvalue weighted by Crippen LogP contribution is -2.53. The molecule has 1 fully saturated rings. The quantitative estimate of drug-likeness (QED) is 0.699. The molecule has 1 saturated heterocycles. The summed E-state index contributed by atoms with van der Waals surface area (Å²) in [6.07, 6.45) is 0.840. The predicted octanol–water partition coefficient (Wildman–Crippen LogP) is 4.53. The Kier molecular flexibility index (Phi) is 7.00. The highest BCUT2D eigenvalue weighted by atomic mass is 16.2. The maximum absolute atomic E-state index is 12.5. The third-order valence-electron chi connectivity index (χ3n) is 6.74. The number of nitrogens with one attached hydrogen (secondary N) is 2. The van der Waals surface area contributed by atoms with E-state index in [1.54, 1.807) is 6.92 Å². The van der Waals surface area contributed by atoms with Gasteiger partial charge in [0.2, 0.25) is 5.91 Å². The van der Waals surface area contributed by atoms with Crippen molar-refractivity contribution in [3.63, 3.8) is 0 Å². The zero-order chi connectivity index (χ0) is 24.4. The summed E-state index contributed by atoms with van der Waals surface area (Å²) in [4.78, 5) is 31.0. The molecule has 2 unspecified atom stereocenters. The molecule has 0 aliphatic carbocycles.